The van der Waals surface area contributed by atoms with Crippen molar-refractivity contribution in [2.24, 2.45) is 0 Å². The molecule has 7 nitrogen and oxygen atoms in total. The number of anilines is 1. The number of carbonyl (C=O) groups is 2. The molecule has 2 rings (SSSR count). The molecule has 0 atom stereocenters. The van der Waals surface area contributed by atoms with Crippen molar-refractivity contribution in [3.63, 3.8) is 0 Å². The van der Waals surface area contributed by atoms with Gasteiger partial charge in [-0.05, 0) is 38.1 Å². The molecular formula is C21H26N2O5. The fourth-order valence-corrected chi connectivity index (χ4v) is 2.87. The van der Waals surface area contributed by atoms with Gasteiger partial charge in [0.25, 0.3) is 11.8 Å². The third-order valence-electron chi connectivity index (χ3n) is 4.38. The first-order chi connectivity index (χ1) is 13.5. The van der Waals surface area contributed by atoms with Crippen molar-refractivity contribution in [1.29, 1.82) is 0 Å². The normalized spacial score (nSPS) is 10.2. The second-order valence-electron chi connectivity index (χ2n) is 5.89. The molecule has 28 heavy (non-hydrogen) atoms. The van der Waals surface area contributed by atoms with Gasteiger partial charge in [-0.15, -0.1) is 0 Å². The molecule has 0 heterocycles. The molecule has 0 aliphatic carbocycles. The molecule has 0 bridgehead atoms. The van der Waals surface area contributed by atoms with Gasteiger partial charge in [-0.2, -0.15) is 0 Å². The molecule has 0 saturated carbocycles. The molecule has 0 fully saturated rings. The van der Waals surface area contributed by atoms with Crippen LogP contribution in [0.15, 0.2) is 36.4 Å². The van der Waals surface area contributed by atoms with Crippen LogP contribution in [0.1, 0.15) is 34.6 Å². The number of hydrogen-bond donors (Lipinski definition) is 1. The van der Waals surface area contributed by atoms with E-state index in [1.807, 2.05) is 13.8 Å². The molecule has 0 radical (unpaired) electrons. The lowest BCUT2D eigenvalue weighted by Gasteiger charge is -2.20. The average Bonchev–Trinajstić information content (AvgIpc) is 2.73. The van der Waals surface area contributed by atoms with Crippen molar-refractivity contribution < 1.29 is 23.8 Å². The Morgan fingerprint density at radius 3 is 2.00 bits per heavy atom. The molecule has 0 aromatic heterocycles. The number of carbonyl (C=O) groups excluding carboxylic acids is 2. The number of rotatable bonds is 8. The van der Waals surface area contributed by atoms with Crippen LogP contribution in [0.3, 0.4) is 0 Å². The summed E-state index contributed by atoms with van der Waals surface area (Å²) in [6, 6.07) is 10.1. The average molecular weight is 386 g/mol. The molecule has 2 aromatic carbocycles. The van der Waals surface area contributed by atoms with Crippen LogP contribution in [0.2, 0.25) is 0 Å². The number of ether oxygens (including phenoxy) is 3. The minimum Gasteiger partial charge on any atom is -0.493 e. The van der Waals surface area contributed by atoms with E-state index >= 15 is 0 Å². The highest BCUT2D eigenvalue weighted by atomic mass is 16.5. The van der Waals surface area contributed by atoms with Crippen LogP contribution in [0.5, 0.6) is 17.2 Å². The Balaban J connectivity index is 2.37. The van der Waals surface area contributed by atoms with E-state index in [1.54, 1.807) is 41.3 Å². The van der Waals surface area contributed by atoms with Crippen molar-refractivity contribution in [3.05, 3.63) is 47.5 Å². The lowest BCUT2D eigenvalue weighted by atomic mass is 10.1. The lowest BCUT2D eigenvalue weighted by molar-refractivity contribution is 0.0774. The molecule has 0 aliphatic rings. The molecular weight excluding hydrogens is 360 g/mol. The first-order valence-electron chi connectivity index (χ1n) is 9.00. The predicted octanol–water partition coefficient (Wildman–Crippen LogP) is 3.45. The molecule has 2 amide bonds. The van der Waals surface area contributed by atoms with Gasteiger partial charge in [0.15, 0.2) is 11.5 Å². The van der Waals surface area contributed by atoms with Gasteiger partial charge >= 0.3 is 0 Å². The van der Waals surface area contributed by atoms with E-state index in [0.29, 0.717) is 47.2 Å². The van der Waals surface area contributed by atoms with Gasteiger partial charge in [0.05, 0.1) is 32.6 Å². The minimum atomic E-state index is -0.390. The summed E-state index contributed by atoms with van der Waals surface area (Å²) in [7, 11) is 4.46. The van der Waals surface area contributed by atoms with Gasteiger partial charge in [0.2, 0.25) is 5.75 Å². The summed E-state index contributed by atoms with van der Waals surface area (Å²) in [6.07, 6.45) is 0. The maximum absolute atomic E-state index is 12.8. The Bertz CT molecular complexity index is 821. The van der Waals surface area contributed by atoms with Crippen LogP contribution in [0.25, 0.3) is 0 Å². The number of benzene rings is 2. The van der Waals surface area contributed by atoms with Crippen molar-refractivity contribution in [2.75, 3.05) is 39.7 Å². The molecule has 0 aliphatic heterocycles. The highest BCUT2D eigenvalue weighted by Crippen LogP contribution is 2.38. The summed E-state index contributed by atoms with van der Waals surface area (Å²) in [4.78, 5) is 27.3. The van der Waals surface area contributed by atoms with Crippen molar-refractivity contribution in [2.45, 2.75) is 13.8 Å². The largest absolute Gasteiger partial charge is 0.493 e. The van der Waals surface area contributed by atoms with Crippen LogP contribution in [-0.2, 0) is 0 Å². The first-order valence-corrected chi connectivity index (χ1v) is 9.00. The highest BCUT2D eigenvalue weighted by Gasteiger charge is 2.20. The van der Waals surface area contributed by atoms with Crippen LogP contribution in [-0.4, -0.2) is 51.1 Å². The third kappa shape index (κ3) is 4.36. The monoisotopic (exact) mass is 386 g/mol. The van der Waals surface area contributed by atoms with E-state index in [1.165, 1.54) is 21.3 Å². The SMILES string of the molecule is CCN(CC)C(=O)c1ccccc1NC(=O)c1cc(OC)c(OC)c(OC)c1. The van der Waals surface area contributed by atoms with Crippen molar-refractivity contribution in [3.8, 4) is 17.2 Å². The second-order valence-corrected chi connectivity index (χ2v) is 5.89. The minimum absolute atomic E-state index is 0.134. The van der Waals surface area contributed by atoms with Crippen LogP contribution in [0, 0.1) is 0 Å². The zero-order valence-corrected chi connectivity index (χ0v) is 16.9. The molecule has 1 N–H and O–H groups in total. The standard InChI is InChI=1S/C21H26N2O5/c1-6-23(7-2)21(25)15-10-8-9-11-16(15)22-20(24)14-12-17(26-3)19(28-5)18(13-14)27-4/h8-13H,6-7H2,1-5H3,(H,22,24). The van der Waals surface area contributed by atoms with E-state index in [0.717, 1.165) is 0 Å². The summed E-state index contributed by atoms with van der Waals surface area (Å²) in [5.74, 6) is 0.627. The van der Waals surface area contributed by atoms with Crippen LogP contribution in [0.4, 0.5) is 5.69 Å². The predicted molar refractivity (Wildman–Crippen MR) is 108 cm³/mol. The second kappa shape index (κ2) is 9.64. The molecule has 0 unspecified atom stereocenters. The Labute approximate surface area is 165 Å². The van der Waals surface area contributed by atoms with E-state index in [9.17, 15) is 9.59 Å². The zero-order chi connectivity index (χ0) is 20.7. The van der Waals surface area contributed by atoms with Gasteiger partial charge < -0.3 is 24.4 Å². The van der Waals surface area contributed by atoms with Crippen molar-refractivity contribution in [1.82, 2.24) is 4.90 Å². The van der Waals surface area contributed by atoms with Gasteiger partial charge in [-0.1, -0.05) is 12.1 Å². The molecule has 150 valence electrons. The Hall–Kier alpha value is -3.22. The Kier molecular flexibility index (Phi) is 7.26. The Morgan fingerprint density at radius 2 is 1.50 bits per heavy atom. The van der Waals surface area contributed by atoms with E-state index < -0.39 is 0 Å². The van der Waals surface area contributed by atoms with E-state index in [-0.39, 0.29) is 11.8 Å². The molecule has 2 aromatic rings. The fraction of sp³-hybridized carbons (Fsp3) is 0.333. The fourth-order valence-electron chi connectivity index (χ4n) is 2.87. The lowest BCUT2D eigenvalue weighted by Crippen LogP contribution is -2.31. The van der Waals surface area contributed by atoms with Crippen LogP contribution < -0.4 is 19.5 Å². The number of nitrogens with zero attached hydrogens (tertiary/aromatic N) is 1. The van der Waals surface area contributed by atoms with Crippen LogP contribution >= 0.6 is 0 Å². The summed E-state index contributed by atoms with van der Waals surface area (Å²) in [5, 5.41) is 2.81. The van der Waals surface area contributed by atoms with Gasteiger partial charge in [0, 0.05) is 18.7 Å². The van der Waals surface area contributed by atoms with E-state index in [2.05, 4.69) is 5.32 Å². The van der Waals surface area contributed by atoms with E-state index in [4.69, 9.17) is 14.2 Å². The van der Waals surface area contributed by atoms with Gasteiger partial charge in [0.1, 0.15) is 0 Å². The number of hydrogen-bond acceptors (Lipinski definition) is 5. The zero-order valence-electron chi connectivity index (χ0n) is 16.9. The molecule has 0 spiro atoms. The number of para-hydroxylation sites is 1. The van der Waals surface area contributed by atoms with Gasteiger partial charge in [-0.3, -0.25) is 9.59 Å². The summed E-state index contributed by atoms with van der Waals surface area (Å²) in [6.45, 7) is 5.01. The topological polar surface area (TPSA) is 77.1 Å². The molecule has 0 saturated heterocycles. The highest BCUT2D eigenvalue weighted by molar-refractivity contribution is 6.09. The summed E-state index contributed by atoms with van der Waals surface area (Å²) < 4.78 is 15.9. The number of nitrogens with one attached hydrogen (secondary N) is 1. The number of amides is 2. The summed E-state index contributed by atoms with van der Waals surface area (Å²) >= 11 is 0. The van der Waals surface area contributed by atoms with Gasteiger partial charge in [-0.25, -0.2) is 0 Å². The smallest absolute Gasteiger partial charge is 0.255 e. The Morgan fingerprint density at radius 1 is 0.929 bits per heavy atom. The summed E-state index contributed by atoms with van der Waals surface area (Å²) in [5.41, 5.74) is 1.20. The quantitative estimate of drug-likeness (QED) is 0.752. The maximum atomic E-state index is 12.8. The van der Waals surface area contributed by atoms with Crippen molar-refractivity contribution >= 4 is 17.5 Å². The first kappa shape index (κ1) is 21.1. The maximum Gasteiger partial charge on any atom is 0.255 e. The number of methoxy groups -OCH3 is 3. The third-order valence-corrected chi connectivity index (χ3v) is 4.38. The molecule has 7 heteroatoms.